The first-order valence-electron chi connectivity index (χ1n) is 6.50. The summed E-state index contributed by atoms with van der Waals surface area (Å²) in [6, 6.07) is 3.21. The summed E-state index contributed by atoms with van der Waals surface area (Å²) in [6.07, 6.45) is 0. The van der Waals surface area contributed by atoms with Crippen LogP contribution in [0.2, 0.25) is 0 Å². The molecule has 0 bridgehead atoms. The number of nitrogens with one attached hydrogen (secondary N) is 2. The van der Waals surface area contributed by atoms with E-state index in [-0.39, 0.29) is 33.2 Å². The highest BCUT2D eigenvalue weighted by atomic mass is 16.4. The maximum absolute atomic E-state index is 12.1. The Hall–Kier alpha value is -3.42. The number of aromatic carboxylic acids is 2. The molecule has 8 heteroatoms. The highest BCUT2D eigenvalue weighted by Gasteiger charge is 2.15. The highest BCUT2D eigenvalue weighted by molar-refractivity contribution is 6.01. The molecule has 3 rings (SSSR count). The second kappa shape index (κ2) is 4.80. The molecule has 3 aromatic rings. The van der Waals surface area contributed by atoms with Crippen molar-refractivity contribution in [3.8, 4) is 0 Å². The number of hydrogen-bond acceptors (Lipinski definition) is 4. The molecule has 0 saturated carbocycles. The zero-order chi connectivity index (χ0) is 16.9. The van der Waals surface area contributed by atoms with Gasteiger partial charge in [0.2, 0.25) is 0 Å². The first-order valence-corrected chi connectivity index (χ1v) is 6.50. The van der Waals surface area contributed by atoms with E-state index in [1.807, 2.05) is 0 Å². The number of rotatable bonds is 2. The van der Waals surface area contributed by atoms with Crippen molar-refractivity contribution in [1.82, 2.24) is 9.97 Å². The van der Waals surface area contributed by atoms with Crippen molar-refractivity contribution >= 4 is 33.7 Å². The second-order valence-corrected chi connectivity index (χ2v) is 5.05. The summed E-state index contributed by atoms with van der Waals surface area (Å²) in [5, 5.41) is 18.4. The minimum Gasteiger partial charge on any atom is -0.477 e. The van der Waals surface area contributed by atoms with Crippen LogP contribution in [0.5, 0.6) is 0 Å². The summed E-state index contributed by atoms with van der Waals surface area (Å²) in [4.78, 5) is 51.6. The quantitative estimate of drug-likeness (QED) is 0.522. The molecule has 0 radical (unpaired) electrons. The van der Waals surface area contributed by atoms with Gasteiger partial charge in [0, 0.05) is 22.9 Å². The molecule has 0 aliphatic carbocycles. The molecule has 8 nitrogen and oxygen atoms in total. The molecule has 116 valence electrons. The van der Waals surface area contributed by atoms with E-state index in [0.29, 0.717) is 5.56 Å². The van der Waals surface area contributed by atoms with Crippen LogP contribution in [0.15, 0.2) is 27.8 Å². The molecule has 0 saturated heterocycles. The number of aromatic nitrogens is 2. The Morgan fingerprint density at radius 3 is 1.57 bits per heavy atom. The largest absolute Gasteiger partial charge is 0.477 e. The number of carboxylic acid groups (broad SMARTS) is 2. The van der Waals surface area contributed by atoms with Gasteiger partial charge < -0.3 is 20.2 Å². The van der Waals surface area contributed by atoms with Gasteiger partial charge in [-0.15, -0.1) is 0 Å². The average Bonchev–Trinajstić information content (AvgIpc) is 2.48. The lowest BCUT2D eigenvalue weighted by atomic mass is 10.0. The summed E-state index contributed by atoms with van der Waals surface area (Å²) in [5.41, 5.74) is -0.798. The Labute approximate surface area is 127 Å². The predicted molar refractivity (Wildman–Crippen MR) is 81.4 cm³/mol. The van der Waals surface area contributed by atoms with E-state index in [1.54, 1.807) is 6.92 Å². The Kier molecular flexibility index (Phi) is 3.03. The van der Waals surface area contributed by atoms with E-state index in [2.05, 4.69) is 9.97 Å². The molecule has 0 fully saturated rings. The number of carboxylic acids is 2. The van der Waals surface area contributed by atoms with Gasteiger partial charge in [-0.3, -0.25) is 9.59 Å². The molecule has 2 heterocycles. The fourth-order valence-electron chi connectivity index (χ4n) is 2.52. The minimum atomic E-state index is -1.30. The lowest BCUT2D eigenvalue weighted by Gasteiger charge is -2.09. The van der Waals surface area contributed by atoms with E-state index in [0.717, 1.165) is 12.1 Å². The van der Waals surface area contributed by atoms with Crippen molar-refractivity contribution in [3.05, 3.63) is 55.6 Å². The summed E-state index contributed by atoms with van der Waals surface area (Å²) in [6.45, 7) is 1.56. The molecule has 0 spiro atoms. The van der Waals surface area contributed by atoms with Crippen molar-refractivity contribution in [3.63, 3.8) is 0 Å². The number of aromatic amines is 2. The summed E-state index contributed by atoms with van der Waals surface area (Å²) in [5.74, 6) is -2.59. The number of aryl methyl sites for hydroxylation is 1. The van der Waals surface area contributed by atoms with E-state index in [4.69, 9.17) is 10.2 Å². The van der Waals surface area contributed by atoms with Crippen LogP contribution >= 0.6 is 0 Å². The topological polar surface area (TPSA) is 140 Å². The van der Waals surface area contributed by atoms with Crippen molar-refractivity contribution in [2.24, 2.45) is 0 Å². The Bertz CT molecular complexity index is 1040. The first kappa shape index (κ1) is 14.5. The van der Waals surface area contributed by atoms with E-state index >= 15 is 0 Å². The third kappa shape index (κ3) is 2.16. The maximum atomic E-state index is 12.1. The van der Waals surface area contributed by atoms with Gasteiger partial charge >= 0.3 is 11.9 Å². The SMILES string of the molecule is Cc1c2[nH]c(C(=O)O)cc(=O)c2cc2c(=O)cc(C(=O)O)[nH]c12. The van der Waals surface area contributed by atoms with Crippen molar-refractivity contribution < 1.29 is 19.8 Å². The third-order valence-corrected chi connectivity index (χ3v) is 3.64. The fraction of sp³-hybridized carbons (Fsp3) is 0.0667. The van der Waals surface area contributed by atoms with Gasteiger partial charge in [-0.1, -0.05) is 0 Å². The number of H-pyrrole nitrogens is 2. The molecule has 0 aliphatic rings. The molecule has 0 aliphatic heterocycles. The minimum absolute atomic E-state index is 0.161. The lowest BCUT2D eigenvalue weighted by Crippen LogP contribution is -2.14. The highest BCUT2D eigenvalue weighted by Crippen LogP contribution is 2.22. The van der Waals surface area contributed by atoms with Gasteiger partial charge in [0.25, 0.3) is 0 Å². The molecule has 2 aromatic heterocycles. The molecular weight excluding hydrogens is 304 g/mol. The van der Waals surface area contributed by atoms with Crippen molar-refractivity contribution in [2.75, 3.05) is 0 Å². The summed E-state index contributed by atoms with van der Waals surface area (Å²) >= 11 is 0. The number of fused-ring (bicyclic) bond motifs is 2. The molecule has 0 unspecified atom stereocenters. The predicted octanol–water partition coefficient (Wildman–Crippen LogP) is 1.07. The van der Waals surface area contributed by atoms with E-state index in [1.165, 1.54) is 6.07 Å². The van der Waals surface area contributed by atoms with Gasteiger partial charge in [-0.05, 0) is 18.6 Å². The van der Waals surface area contributed by atoms with Crippen LogP contribution in [0.25, 0.3) is 21.8 Å². The Morgan fingerprint density at radius 2 is 1.22 bits per heavy atom. The van der Waals surface area contributed by atoms with Crippen LogP contribution in [-0.2, 0) is 0 Å². The number of hydrogen-bond donors (Lipinski definition) is 4. The van der Waals surface area contributed by atoms with Crippen LogP contribution in [0.1, 0.15) is 26.5 Å². The maximum Gasteiger partial charge on any atom is 0.352 e. The van der Waals surface area contributed by atoms with Gasteiger partial charge in [-0.25, -0.2) is 9.59 Å². The average molecular weight is 314 g/mol. The first-order chi connectivity index (χ1) is 10.8. The zero-order valence-corrected chi connectivity index (χ0v) is 11.8. The second-order valence-electron chi connectivity index (χ2n) is 5.05. The summed E-state index contributed by atoms with van der Waals surface area (Å²) < 4.78 is 0. The van der Waals surface area contributed by atoms with Gasteiger partial charge in [-0.2, -0.15) is 0 Å². The number of benzene rings is 1. The van der Waals surface area contributed by atoms with Crippen LogP contribution in [0.3, 0.4) is 0 Å². The summed E-state index contributed by atoms with van der Waals surface area (Å²) in [7, 11) is 0. The standard InChI is InChI=1S/C15H10N2O6/c1-5-12-6(10(18)3-8(16-12)14(20)21)2-7-11(19)4-9(15(22)23)17-13(5)7/h2-4H,1H3,(H,16,18)(H,17,19)(H,20,21)(H,22,23). The molecule has 4 N–H and O–H groups in total. The van der Waals surface area contributed by atoms with Crippen molar-refractivity contribution in [1.29, 1.82) is 0 Å². The smallest absolute Gasteiger partial charge is 0.352 e. The fourth-order valence-corrected chi connectivity index (χ4v) is 2.52. The van der Waals surface area contributed by atoms with Gasteiger partial charge in [0.05, 0.1) is 11.0 Å². The monoisotopic (exact) mass is 314 g/mol. The van der Waals surface area contributed by atoms with Crippen LogP contribution in [0.4, 0.5) is 0 Å². The van der Waals surface area contributed by atoms with Crippen molar-refractivity contribution in [2.45, 2.75) is 6.92 Å². The normalized spacial score (nSPS) is 11.0. The Morgan fingerprint density at radius 1 is 0.826 bits per heavy atom. The third-order valence-electron chi connectivity index (χ3n) is 3.64. The molecular formula is C15H10N2O6. The molecule has 0 atom stereocenters. The molecule has 1 aromatic carbocycles. The van der Waals surface area contributed by atoms with E-state index < -0.39 is 22.8 Å². The van der Waals surface area contributed by atoms with Gasteiger partial charge in [0.15, 0.2) is 10.9 Å². The van der Waals surface area contributed by atoms with Crippen LogP contribution in [0, 0.1) is 6.92 Å². The van der Waals surface area contributed by atoms with Gasteiger partial charge in [0.1, 0.15) is 11.4 Å². The molecule has 0 amide bonds. The Balaban J connectivity index is 2.56. The zero-order valence-electron chi connectivity index (χ0n) is 11.8. The number of carbonyl (C=O) groups is 2. The lowest BCUT2D eigenvalue weighted by molar-refractivity contribution is 0.0680. The van der Waals surface area contributed by atoms with Crippen LogP contribution < -0.4 is 10.9 Å². The van der Waals surface area contributed by atoms with E-state index in [9.17, 15) is 19.2 Å². The van der Waals surface area contributed by atoms with Crippen LogP contribution in [-0.4, -0.2) is 32.1 Å². The number of pyridine rings is 2. The molecule has 23 heavy (non-hydrogen) atoms.